The lowest BCUT2D eigenvalue weighted by molar-refractivity contribution is 0.601. The third-order valence-electron chi connectivity index (χ3n) is 7.63. The number of aromatic amines is 1. The monoisotopic (exact) mass is 582 g/mol. The molecule has 0 aliphatic rings. The number of benzene rings is 4. The molecule has 0 bridgehead atoms. The van der Waals surface area contributed by atoms with Crippen molar-refractivity contribution >= 4 is 26.6 Å². The number of H-pyrrole nitrogens is 1. The molecule has 2 heterocycles. The number of sulfonamides is 1. The van der Waals surface area contributed by atoms with Crippen molar-refractivity contribution in [1.82, 2.24) is 9.97 Å². The van der Waals surface area contributed by atoms with Gasteiger partial charge in [-0.05, 0) is 60.4 Å². The predicted octanol–water partition coefficient (Wildman–Crippen LogP) is 8.67. The molecule has 4 aromatic carbocycles. The molecule has 43 heavy (non-hydrogen) atoms. The van der Waals surface area contributed by atoms with Gasteiger partial charge in [-0.25, -0.2) is 13.4 Å². The molecule has 0 atom stereocenters. The summed E-state index contributed by atoms with van der Waals surface area (Å²) < 4.78 is 28.5. The van der Waals surface area contributed by atoms with Gasteiger partial charge in [0.05, 0.1) is 21.8 Å². The molecule has 6 nitrogen and oxygen atoms in total. The molecular weight excluding hydrogens is 552 g/mol. The number of nitriles is 1. The first-order valence-corrected chi connectivity index (χ1v) is 15.5. The molecule has 2 N–H and O–H groups in total. The average molecular weight is 583 g/mol. The first-order valence-electron chi connectivity index (χ1n) is 14.1. The van der Waals surface area contributed by atoms with Crippen LogP contribution in [0.2, 0.25) is 0 Å². The number of fused-ring (bicyclic) bond motifs is 1. The Balaban J connectivity index is 1.45. The summed E-state index contributed by atoms with van der Waals surface area (Å²) in [6.45, 7) is 6.22. The van der Waals surface area contributed by atoms with E-state index in [4.69, 9.17) is 4.98 Å². The number of hydrogen-bond donors (Lipinski definition) is 2. The van der Waals surface area contributed by atoms with Crippen molar-refractivity contribution in [3.8, 4) is 39.7 Å². The van der Waals surface area contributed by atoms with E-state index >= 15 is 0 Å². The minimum atomic E-state index is -3.73. The van der Waals surface area contributed by atoms with Gasteiger partial charge in [0, 0.05) is 39.5 Å². The number of para-hydroxylation sites is 1. The van der Waals surface area contributed by atoms with Crippen LogP contribution in [0.3, 0.4) is 0 Å². The lowest BCUT2D eigenvalue weighted by atomic mass is 9.92. The maximum absolute atomic E-state index is 12.9. The fraction of sp³-hybridized carbons (Fsp3) is 0.111. The molecule has 0 fully saturated rings. The van der Waals surface area contributed by atoms with Crippen LogP contribution in [0.5, 0.6) is 0 Å². The molecule has 0 aliphatic carbocycles. The van der Waals surface area contributed by atoms with Gasteiger partial charge in [0.15, 0.2) is 0 Å². The largest absolute Gasteiger partial charge is 0.360 e. The van der Waals surface area contributed by atoms with Crippen molar-refractivity contribution in [2.45, 2.75) is 31.6 Å². The van der Waals surface area contributed by atoms with E-state index in [0.717, 1.165) is 38.7 Å². The summed E-state index contributed by atoms with van der Waals surface area (Å²) in [5.41, 5.74) is 8.72. The van der Waals surface area contributed by atoms with E-state index in [-0.39, 0.29) is 4.90 Å². The third-order valence-corrected chi connectivity index (χ3v) is 9.03. The van der Waals surface area contributed by atoms with Gasteiger partial charge in [0.2, 0.25) is 0 Å². The summed E-state index contributed by atoms with van der Waals surface area (Å²) in [7, 11) is -3.73. The number of anilines is 1. The molecule has 0 saturated carbocycles. The minimum Gasteiger partial charge on any atom is -0.360 e. The smallest absolute Gasteiger partial charge is 0.261 e. The summed E-state index contributed by atoms with van der Waals surface area (Å²) >= 11 is 0. The minimum absolute atomic E-state index is 0.201. The number of aryl methyl sites for hydroxylation is 1. The van der Waals surface area contributed by atoms with Crippen LogP contribution in [0.4, 0.5) is 5.69 Å². The second-order valence-electron chi connectivity index (χ2n) is 10.9. The highest BCUT2D eigenvalue weighted by Crippen LogP contribution is 2.38. The van der Waals surface area contributed by atoms with Gasteiger partial charge in [-0.1, -0.05) is 86.1 Å². The SMILES string of the molecule is Cc1ccc(S(=O)(=O)Nc2ccc(-c3cc(-c4ccc(C(C)C)cc4)c(C#N)c(-c4c[nH]c5ccccc45)n3)cc2)cc1. The van der Waals surface area contributed by atoms with E-state index in [2.05, 4.69) is 53.9 Å². The summed E-state index contributed by atoms with van der Waals surface area (Å²) in [6, 6.07) is 34.5. The summed E-state index contributed by atoms with van der Waals surface area (Å²) in [5.74, 6) is 0.390. The van der Waals surface area contributed by atoms with Crippen molar-refractivity contribution in [1.29, 1.82) is 5.26 Å². The fourth-order valence-electron chi connectivity index (χ4n) is 5.18. The average Bonchev–Trinajstić information content (AvgIpc) is 3.45. The predicted molar refractivity (Wildman–Crippen MR) is 173 cm³/mol. The van der Waals surface area contributed by atoms with E-state index in [9.17, 15) is 13.7 Å². The van der Waals surface area contributed by atoms with Crippen molar-refractivity contribution in [2.24, 2.45) is 0 Å². The Morgan fingerprint density at radius 1 is 0.837 bits per heavy atom. The van der Waals surface area contributed by atoms with Crippen LogP contribution in [0.1, 0.15) is 36.5 Å². The van der Waals surface area contributed by atoms with E-state index in [0.29, 0.717) is 28.6 Å². The van der Waals surface area contributed by atoms with Crippen LogP contribution in [-0.4, -0.2) is 18.4 Å². The number of aromatic nitrogens is 2. The second kappa shape index (κ2) is 11.2. The van der Waals surface area contributed by atoms with Crippen molar-refractivity contribution in [3.05, 3.63) is 126 Å². The van der Waals surface area contributed by atoms with Crippen molar-refractivity contribution < 1.29 is 8.42 Å². The molecule has 6 rings (SSSR count). The topological polar surface area (TPSA) is 98.6 Å². The molecule has 212 valence electrons. The van der Waals surface area contributed by atoms with Gasteiger partial charge >= 0.3 is 0 Å². The Morgan fingerprint density at radius 2 is 1.51 bits per heavy atom. The summed E-state index contributed by atoms with van der Waals surface area (Å²) in [5, 5.41) is 11.4. The Kier molecular flexibility index (Phi) is 7.31. The van der Waals surface area contributed by atoms with Gasteiger partial charge in [0.1, 0.15) is 6.07 Å². The highest BCUT2D eigenvalue weighted by Gasteiger charge is 2.20. The van der Waals surface area contributed by atoms with Crippen LogP contribution in [0.15, 0.2) is 114 Å². The number of nitrogens with one attached hydrogen (secondary N) is 2. The highest BCUT2D eigenvalue weighted by molar-refractivity contribution is 7.92. The van der Waals surface area contributed by atoms with Gasteiger partial charge in [-0.15, -0.1) is 0 Å². The third kappa shape index (κ3) is 5.53. The van der Waals surface area contributed by atoms with Gasteiger partial charge in [0.25, 0.3) is 10.0 Å². The van der Waals surface area contributed by atoms with Crippen LogP contribution < -0.4 is 4.72 Å². The molecule has 6 aromatic rings. The molecule has 0 radical (unpaired) electrons. The zero-order chi connectivity index (χ0) is 30.1. The Bertz CT molecular complexity index is 2090. The summed E-state index contributed by atoms with van der Waals surface area (Å²) in [4.78, 5) is 8.53. The molecule has 0 spiro atoms. The van der Waals surface area contributed by atoms with Gasteiger partial charge < -0.3 is 4.98 Å². The number of pyridine rings is 1. The molecule has 7 heteroatoms. The first-order chi connectivity index (χ1) is 20.7. The van der Waals surface area contributed by atoms with Crippen molar-refractivity contribution in [3.63, 3.8) is 0 Å². The van der Waals surface area contributed by atoms with E-state index in [1.165, 1.54) is 5.56 Å². The zero-order valence-corrected chi connectivity index (χ0v) is 24.9. The lowest BCUT2D eigenvalue weighted by Gasteiger charge is -2.14. The zero-order valence-electron chi connectivity index (χ0n) is 24.1. The molecule has 0 aliphatic heterocycles. The number of hydrogen-bond acceptors (Lipinski definition) is 4. The van der Waals surface area contributed by atoms with Crippen LogP contribution in [-0.2, 0) is 10.0 Å². The Hall–Kier alpha value is -5.19. The molecule has 0 unspecified atom stereocenters. The van der Waals surface area contributed by atoms with E-state index < -0.39 is 10.0 Å². The van der Waals surface area contributed by atoms with Gasteiger partial charge in [-0.3, -0.25) is 4.72 Å². The van der Waals surface area contributed by atoms with Crippen LogP contribution in [0, 0.1) is 18.3 Å². The van der Waals surface area contributed by atoms with Crippen molar-refractivity contribution in [2.75, 3.05) is 4.72 Å². The van der Waals surface area contributed by atoms with Crippen LogP contribution >= 0.6 is 0 Å². The fourth-order valence-corrected chi connectivity index (χ4v) is 6.24. The molecular formula is C36H30N4O2S. The van der Waals surface area contributed by atoms with Gasteiger partial charge in [-0.2, -0.15) is 5.26 Å². The summed E-state index contributed by atoms with van der Waals surface area (Å²) in [6.07, 6.45) is 1.90. The molecule has 0 saturated heterocycles. The Morgan fingerprint density at radius 3 is 2.19 bits per heavy atom. The van der Waals surface area contributed by atoms with E-state index in [1.54, 1.807) is 36.4 Å². The highest BCUT2D eigenvalue weighted by atomic mass is 32.2. The number of rotatable bonds is 7. The second-order valence-corrected chi connectivity index (χ2v) is 12.6. The quantitative estimate of drug-likeness (QED) is 0.197. The Labute approximate surface area is 251 Å². The first kappa shape index (κ1) is 28.0. The van der Waals surface area contributed by atoms with Crippen LogP contribution in [0.25, 0.3) is 44.5 Å². The lowest BCUT2D eigenvalue weighted by Crippen LogP contribution is -2.12. The maximum atomic E-state index is 12.9. The number of nitrogens with zero attached hydrogens (tertiary/aromatic N) is 2. The normalized spacial score (nSPS) is 11.5. The standard InChI is InChI=1S/C36H30N4O2S/c1-23(2)25-10-12-26(13-11-25)31-20-35(39-36(32(31)21-37)33-22-38-34-7-5-4-6-30(33)34)27-14-16-28(17-15-27)40-43(41,42)29-18-8-24(3)9-19-29/h4-20,22-23,38,40H,1-3H3. The maximum Gasteiger partial charge on any atom is 0.261 e. The van der Waals surface area contributed by atoms with E-state index in [1.807, 2.05) is 55.6 Å². The molecule has 2 aromatic heterocycles. The molecule has 0 amide bonds.